The Balaban J connectivity index is 1.37. The predicted molar refractivity (Wildman–Crippen MR) is 132 cm³/mol. The van der Waals surface area contributed by atoms with Crippen LogP contribution in [0.1, 0.15) is 15.9 Å². The van der Waals surface area contributed by atoms with Crippen molar-refractivity contribution in [3.8, 4) is 11.3 Å². The summed E-state index contributed by atoms with van der Waals surface area (Å²) in [4.78, 5) is 29.7. The lowest BCUT2D eigenvalue weighted by molar-refractivity contribution is -0.124. The fourth-order valence-electron chi connectivity index (χ4n) is 3.55. The number of hydrogen-bond donors (Lipinski definition) is 2. The van der Waals surface area contributed by atoms with Crippen LogP contribution in [-0.4, -0.2) is 38.4 Å². The number of para-hydroxylation sites is 1. The molecule has 0 bridgehead atoms. The van der Waals surface area contributed by atoms with E-state index in [1.807, 2.05) is 48.5 Å². The van der Waals surface area contributed by atoms with Crippen LogP contribution in [-0.2, 0) is 26.0 Å². The predicted octanol–water partition coefficient (Wildman–Crippen LogP) is 3.06. The van der Waals surface area contributed by atoms with Gasteiger partial charge < -0.3 is 10.1 Å². The van der Waals surface area contributed by atoms with Crippen LogP contribution in [0.5, 0.6) is 0 Å². The van der Waals surface area contributed by atoms with Gasteiger partial charge in [-0.3, -0.25) is 4.79 Å². The van der Waals surface area contributed by atoms with Crippen molar-refractivity contribution in [3.63, 3.8) is 0 Å². The lowest BCUT2D eigenvalue weighted by Gasteiger charge is -2.10. The van der Waals surface area contributed by atoms with E-state index in [1.165, 1.54) is 12.1 Å². The van der Waals surface area contributed by atoms with E-state index in [0.717, 1.165) is 11.1 Å². The van der Waals surface area contributed by atoms with E-state index in [-0.39, 0.29) is 4.90 Å². The molecule has 178 valence electrons. The van der Waals surface area contributed by atoms with E-state index in [4.69, 9.17) is 9.88 Å². The molecule has 0 aliphatic carbocycles. The number of primary sulfonamides is 1. The minimum atomic E-state index is -3.75. The van der Waals surface area contributed by atoms with E-state index in [1.54, 1.807) is 24.3 Å². The second-order valence-corrected chi connectivity index (χ2v) is 9.36. The Labute approximate surface area is 202 Å². The number of nitrogens with one attached hydrogen (secondary N) is 1. The van der Waals surface area contributed by atoms with Crippen LogP contribution in [0.2, 0.25) is 0 Å². The van der Waals surface area contributed by atoms with Gasteiger partial charge in [-0.1, -0.05) is 60.7 Å². The number of hydrogen-bond acceptors (Lipinski definition) is 6. The third-order valence-corrected chi connectivity index (χ3v) is 6.26. The molecule has 4 aromatic rings. The van der Waals surface area contributed by atoms with Crippen LogP contribution in [0.25, 0.3) is 22.2 Å². The third-order valence-electron chi connectivity index (χ3n) is 5.33. The molecule has 1 aromatic heterocycles. The van der Waals surface area contributed by atoms with Crippen LogP contribution >= 0.6 is 0 Å². The van der Waals surface area contributed by atoms with Crippen molar-refractivity contribution in [2.45, 2.75) is 11.3 Å². The lowest BCUT2D eigenvalue weighted by atomic mass is 10.0. The van der Waals surface area contributed by atoms with Gasteiger partial charge in [0.25, 0.3) is 5.91 Å². The first-order valence-corrected chi connectivity index (χ1v) is 12.4. The first kappa shape index (κ1) is 24.1. The average molecular weight is 490 g/mol. The highest BCUT2D eigenvalue weighted by molar-refractivity contribution is 7.89. The topological polar surface area (TPSA) is 128 Å². The maximum absolute atomic E-state index is 12.9. The summed E-state index contributed by atoms with van der Waals surface area (Å²) in [6.45, 7) is -0.137. The highest BCUT2D eigenvalue weighted by atomic mass is 32.2. The van der Waals surface area contributed by atoms with E-state index in [9.17, 15) is 18.0 Å². The van der Waals surface area contributed by atoms with Gasteiger partial charge in [0.15, 0.2) is 6.61 Å². The quantitative estimate of drug-likeness (QED) is 0.366. The first-order valence-electron chi connectivity index (χ1n) is 10.8. The molecule has 8 nitrogen and oxygen atoms in total. The number of aromatic nitrogens is 1. The Morgan fingerprint density at radius 1 is 0.914 bits per heavy atom. The Kier molecular flexibility index (Phi) is 7.19. The summed E-state index contributed by atoms with van der Waals surface area (Å²) < 4.78 is 27.9. The van der Waals surface area contributed by atoms with Crippen molar-refractivity contribution in [1.82, 2.24) is 10.3 Å². The Morgan fingerprint density at radius 3 is 2.31 bits per heavy atom. The minimum absolute atomic E-state index is 0.0243. The largest absolute Gasteiger partial charge is 0.452 e. The van der Waals surface area contributed by atoms with E-state index < -0.39 is 28.5 Å². The molecule has 0 saturated carbocycles. The number of pyridine rings is 1. The van der Waals surface area contributed by atoms with Gasteiger partial charge in [0.2, 0.25) is 10.0 Å². The fraction of sp³-hybridized carbons (Fsp3) is 0.115. The van der Waals surface area contributed by atoms with Crippen molar-refractivity contribution < 1.29 is 22.7 Å². The molecule has 0 radical (unpaired) electrons. The van der Waals surface area contributed by atoms with Gasteiger partial charge >= 0.3 is 5.97 Å². The summed E-state index contributed by atoms with van der Waals surface area (Å²) in [6, 6.07) is 24.5. The van der Waals surface area contributed by atoms with Gasteiger partial charge in [0.05, 0.1) is 21.7 Å². The number of benzene rings is 3. The monoisotopic (exact) mass is 489 g/mol. The van der Waals surface area contributed by atoms with E-state index in [0.29, 0.717) is 35.1 Å². The Bertz CT molecular complexity index is 1470. The SMILES string of the molecule is NS(=O)(=O)c1ccc(CCNC(=O)COC(=O)c2cc(-c3ccccc3)nc3ccccc23)cc1. The molecule has 0 spiro atoms. The molecule has 3 N–H and O–H groups in total. The van der Waals surface area contributed by atoms with Gasteiger partial charge in [-0.15, -0.1) is 0 Å². The molecule has 0 atom stereocenters. The molecule has 4 rings (SSSR count). The van der Waals surface area contributed by atoms with E-state index >= 15 is 0 Å². The van der Waals surface area contributed by atoms with E-state index in [2.05, 4.69) is 10.3 Å². The molecule has 3 aromatic carbocycles. The summed E-state index contributed by atoms with van der Waals surface area (Å²) >= 11 is 0. The second-order valence-electron chi connectivity index (χ2n) is 7.80. The van der Waals surface area contributed by atoms with Gasteiger partial charge in [-0.25, -0.2) is 23.3 Å². The normalized spacial score (nSPS) is 11.2. The Hall–Kier alpha value is -4.08. The maximum atomic E-state index is 12.9. The van der Waals surface area contributed by atoms with Crippen molar-refractivity contribution in [1.29, 1.82) is 0 Å². The summed E-state index contributed by atoms with van der Waals surface area (Å²) in [7, 11) is -3.75. The van der Waals surface area contributed by atoms with Gasteiger partial charge in [0, 0.05) is 17.5 Å². The van der Waals surface area contributed by atoms with Crippen molar-refractivity contribution in [2.24, 2.45) is 5.14 Å². The van der Waals surface area contributed by atoms with Crippen LogP contribution in [0, 0.1) is 0 Å². The number of amides is 1. The van der Waals surface area contributed by atoms with Gasteiger partial charge in [-0.2, -0.15) is 0 Å². The molecule has 9 heteroatoms. The molecule has 35 heavy (non-hydrogen) atoms. The minimum Gasteiger partial charge on any atom is -0.452 e. The first-order chi connectivity index (χ1) is 16.8. The molecule has 1 amide bonds. The number of ether oxygens (including phenoxy) is 1. The van der Waals surface area contributed by atoms with Crippen LogP contribution in [0.15, 0.2) is 89.8 Å². The number of carbonyl (C=O) groups is 2. The number of sulfonamides is 1. The lowest BCUT2D eigenvalue weighted by Crippen LogP contribution is -2.30. The standard InChI is InChI=1S/C26H23N3O5S/c27-35(32,33)20-12-10-18(11-13-20)14-15-28-25(30)17-34-26(31)22-16-24(19-6-2-1-3-7-19)29-23-9-5-4-8-21(22)23/h1-13,16H,14-15,17H2,(H,28,30)(H2,27,32,33). The molecular weight excluding hydrogens is 466 g/mol. The average Bonchev–Trinajstić information content (AvgIpc) is 2.87. The van der Waals surface area contributed by atoms with Gasteiger partial charge in [0.1, 0.15) is 0 Å². The number of nitrogens with zero attached hydrogens (tertiary/aromatic N) is 1. The fourth-order valence-corrected chi connectivity index (χ4v) is 4.07. The molecule has 0 fully saturated rings. The zero-order chi connectivity index (χ0) is 24.8. The number of fused-ring (bicyclic) bond motifs is 1. The van der Waals surface area contributed by atoms with Crippen molar-refractivity contribution >= 4 is 32.8 Å². The molecule has 0 unspecified atom stereocenters. The zero-order valence-electron chi connectivity index (χ0n) is 18.7. The second kappa shape index (κ2) is 10.5. The number of esters is 1. The van der Waals surface area contributed by atoms with Crippen molar-refractivity contribution in [3.05, 3.63) is 96.1 Å². The van der Waals surface area contributed by atoms with Crippen LogP contribution < -0.4 is 10.5 Å². The molecule has 0 saturated heterocycles. The molecule has 0 aliphatic rings. The number of carbonyl (C=O) groups excluding carboxylic acids is 2. The highest BCUT2D eigenvalue weighted by Gasteiger charge is 2.16. The van der Waals surface area contributed by atoms with Crippen molar-refractivity contribution in [2.75, 3.05) is 13.2 Å². The van der Waals surface area contributed by atoms with Gasteiger partial charge in [-0.05, 0) is 36.2 Å². The smallest absolute Gasteiger partial charge is 0.339 e. The summed E-state index contributed by atoms with van der Waals surface area (Å²) in [5.74, 6) is -1.06. The highest BCUT2D eigenvalue weighted by Crippen LogP contribution is 2.25. The molecule has 1 heterocycles. The Morgan fingerprint density at radius 2 is 1.60 bits per heavy atom. The number of nitrogens with two attached hydrogens (primary N) is 1. The number of rotatable bonds is 8. The molecular formula is C26H23N3O5S. The summed E-state index contributed by atoms with van der Waals surface area (Å²) in [5.41, 5.74) is 3.30. The maximum Gasteiger partial charge on any atom is 0.339 e. The van der Waals surface area contributed by atoms with Crippen LogP contribution in [0.3, 0.4) is 0 Å². The zero-order valence-corrected chi connectivity index (χ0v) is 19.5. The van der Waals surface area contributed by atoms with Crippen LogP contribution in [0.4, 0.5) is 0 Å². The summed E-state index contributed by atoms with van der Waals surface area (Å²) in [6.07, 6.45) is 0.472. The molecule has 0 aliphatic heterocycles. The third kappa shape index (κ3) is 6.08. The summed E-state index contributed by atoms with van der Waals surface area (Å²) in [5, 5.41) is 8.41.